The highest BCUT2D eigenvalue weighted by molar-refractivity contribution is 7.92. The molecule has 0 saturated carbocycles. The third-order valence-electron chi connectivity index (χ3n) is 5.13. The van der Waals surface area contributed by atoms with Crippen LogP contribution in [0.4, 0.5) is 0 Å². The van der Waals surface area contributed by atoms with Gasteiger partial charge in [0.2, 0.25) is 11.0 Å². The second-order valence-electron chi connectivity index (χ2n) is 7.48. The molecule has 1 saturated heterocycles. The number of furan rings is 1. The monoisotopic (exact) mass is 454 g/mol. The summed E-state index contributed by atoms with van der Waals surface area (Å²) < 4.78 is 56.9. The van der Waals surface area contributed by atoms with Crippen molar-refractivity contribution in [3.8, 4) is 0 Å². The molecule has 1 aromatic heterocycles. The van der Waals surface area contributed by atoms with Crippen LogP contribution in [0.2, 0.25) is 0 Å². The average molecular weight is 455 g/mol. The number of hydrogen-bond donors (Lipinski definition) is 1. The van der Waals surface area contributed by atoms with Gasteiger partial charge in [-0.1, -0.05) is 29.8 Å². The minimum Gasteiger partial charge on any atom is -0.447 e. The van der Waals surface area contributed by atoms with Crippen LogP contribution < -0.4 is 5.32 Å². The SMILES string of the molecule is Cc1ccc(CNC(=O)C(C)S(=O)(=O)Cc2ccc(S(=O)(=O)N3CCCC3)o2)cc1. The number of sulfonamides is 1. The largest absolute Gasteiger partial charge is 0.447 e. The van der Waals surface area contributed by atoms with Crippen LogP contribution in [-0.4, -0.2) is 45.4 Å². The molecule has 8 nitrogen and oxygen atoms in total. The van der Waals surface area contributed by atoms with Gasteiger partial charge in [-0.15, -0.1) is 0 Å². The standard InChI is InChI=1S/C20H26N2O6S2/c1-15-5-7-17(8-6-15)13-21-20(23)16(2)29(24,25)14-18-9-10-19(28-18)30(26,27)22-11-3-4-12-22/h5-10,16H,3-4,11-14H2,1-2H3,(H,21,23). The molecule has 1 unspecified atom stereocenters. The van der Waals surface area contributed by atoms with E-state index >= 15 is 0 Å². The Labute approximate surface area is 177 Å². The molecule has 2 heterocycles. The van der Waals surface area contributed by atoms with Crippen molar-refractivity contribution in [2.24, 2.45) is 0 Å². The fraction of sp³-hybridized carbons (Fsp3) is 0.450. The third kappa shape index (κ3) is 5.11. The van der Waals surface area contributed by atoms with E-state index in [0.29, 0.717) is 13.1 Å². The number of carbonyl (C=O) groups is 1. The highest BCUT2D eigenvalue weighted by Gasteiger charge is 2.32. The summed E-state index contributed by atoms with van der Waals surface area (Å²) in [7, 11) is -7.65. The zero-order valence-corrected chi connectivity index (χ0v) is 18.6. The molecular weight excluding hydrogens is 428 g/mol. The molecule has 1 aliphatic heterocycles. The van der Waals surface area contributed by atoms with Crippen molar-refractivity contribution in [2.75, 3.05) is 13.1 Å². The second-order valence-corrected chi connectivity index (χ2v) is 11.7. The van der Waals surface area contributed by atoms with E-state index in [1.165, 1.54) is 23.4 Å². The predicted molar refractivity (Wildman–Crippen MR) is 112 cm³/mol. The van der Waals surface area contributed by atoms with Crippen molar-refractivity contribution in [1.29, 1.82) is 0 Å². The van der Waals surface area contributed by atoms with Gasteiger partial charge in [0.15, 0.2) is 9.84 Å². The Morgan fingerprint density at radius 3 is 2.33 bits per heavy atom. The van der Waals surface area contributed by atoms with E-state index in [9.17, 15) is 21.6 Å². The number of aryl methyl sites for hydroxylation is 1. The number of nitrogens with zero attached hydrogens (tertiary/aromatic N) is 1. The van der Waals surface area contributed by atoms with Crippen LogP contribution in [-0.2, 0) is 37.0 Å². The van der Waals surface area contributed by atoms with Crippen LogP contribution in [0.15, 0.2) is 45.9 Å². The molecule has 1 aliphatic rings. The summed E-state index contributed by atoms with van der Waals surface area (Å²) in [5, 5.41) is 1.05. The molecule has 10 heteroatoms. The molecule has 0 aliphatic carbocycles. The Kier molecular flexibility index (Phi) is 6.68. The summed E-state index contributed by atoms with van der Waals surface area (Å²) in [6.07, 6.45) is 1.58. The molecule has 0 spiro atoms. The molecule has 1 fully saturated rings. The fourth-order valence-corrected chi connectivity index (χ4v) is 5.81. The third-order valence-corrected chi connectivity index (χ3v) is 8.89. The summed E-state index contributed by atoms with van der Waals surface area (Å²) >= 11 is 0. The van der Waals surface area contributed by atoms with Crippen molar-refractivity contribution in [1.82, 2.24) is 9.62 Å². The second kappa shape index (κ2) is 8.91. The zero-order valence-electron chi connectivity index (χ0n) is 17.0. The number of benzene rings is 1. The topological polar surface area (TPSA) is 114 Å². The summed E-state index contributed by atoms with van der Waals surface area (Å²) in [5.74, 6) is -1.18. The van der Waals surface area contributed by atoms with E-state index in [4.69, 9.17) is 4.42 Å². The molecule has 1 N–H and O–H groups in total. The lowest BCUT2D eigenvalue weighted by Crippen LogP contribution is -2.38. The van der Waals surface area contributed by atoms with Crippen molar-refractivity contribution >= 4 is 25.8 Å². The summed E-state index contributed by atoms with van der Waals surface area (Å²) in [4.78, 5) is 12.3. The first-order chi connectivity index (χ1) is 14.1. The Hall–Kier alpha value is -2.17. The molecule has 0 bridgehead atoms. The summed E-state index contributed by atoms with van der Waals surface area (Å²) in [6.45, 7) is 4.33. The molecule has 30 heavy (non-hydrogen) atoms. The van der Waals surface area contributed by atoms with Gasteiger partial charge in [-0.05, 0) is 44.4 Å². The van der Waals surface area contributed by atoms with Crippen LogP contribution >= 0.6 is 0 Å². The van der Waals surface area contributed by atoms with Crippen LogP contribution in [0.25, 0.3) is 0 Å². The summed E-state index contributed by atoms with van der Waals surface area (Å²) in [6, 6.07) is 10.1. The van der Waals surface area contributed by atoms with Gasteiger partial charge in [-0.2, -0.15) is 4.31 Å². The Balaban J connectivity index is 1.63. The number of nitrogens with one attached hydrogen (secondary N) is 1. The van der Waals surface area contributed by atoms with Gasteiger partial charge < -0.3 is 9.73 Å². The highest BCUT2D eigenvalue weighted by Crippen LogP contribution is 2.24. The average Bonchev–Trinajstić information content (AvgIpc) is 3.39. The van der Waals surface area contributed by atoms with Crippen LogP contribution in [0.1, 0.15) is 36.7 Å². The number of sulfone groups is 1. The molecule has 1 amide bonds. The van der Waals surface area contributed by atoms with Crippen LogP contribution in [0, 0.1) is 6.92 Å². The number of carbonyl (C=O) groups excluding carboxylic acids is 1. The van der Waals surface area contributed by atoms with Crippen molar-refractivity contribution < 1.29 is 26.0 Å². The van der Waals surface area contributed by atoms with E-state index in [-0.39, 0.29) is 17.4 Å². The first kappa shape index (κ1) is 22.5. The molecule has 1 aromatic carbocycles. The highest BCUT2D eigenvalue weighted by atomic mass is 32.2. The summed E-state index contributed by atoms with van der Waals surface area (Å²) in [5.41, 5.74) is 1.95. The quantitative estimate of drug-likeness (QED) is 0.653. The lowest BCUT2D eigenvalue weighted by Gasteiger charge is -2.14. The van der Waals surface area contributed by atoms with Gasteiger partial charge in [0, 0.05) is 19.6 Å². The van der Waals surface area contributed by atoms with Gasteiger partial charge in [-0.3, -0.25) is 4.79 Å². The maximum Gasteiger partial charge on any atom is 0.276 e. The first-order valence-electron chi connectivity index (χ1n) is 9.73. The van der Waals surface area contributed by atoms with Gasteiger partial charge in [0.25, 0.3) is 10.0 Å². The van der Waals surface area contributed by atoms with Gasteiger partial charge >= 0.3 is 0 Å². The van der Waals surface area contributed by atoms with Crippen molar-refractivity contribution in [3.05, 3.63) is 53.3 Å². The van der Waals surface area contributed by atoms with Gasteiger partial charge in [-0.25, -0.2) is 16.8 Å². The van der Waals surface area contributed by atoms with Gasteiger partial charge in [0.1, 0.15) is 16.8 Å². The zero-order chi connectivity index (χ0) is 21.9. The fourth-order valence-electron chi connectivity index (χ4n) is 3.16. The number of hydrogen-bond acceptors (Lipinski definition) is 6. The van der Waals surface area contributed by atoms with E-state index in [0.717, 1.165) is 24.0 Å². The molecular formula is C20H26N2O6S2. The van der Waals surface area contributed by atoms with Crippen molar-refractivity contribution in [2.45, 2.75) is 49.3 Å². The molecule has 1 atom stereocenters. The lowest BCUT2D eigenvalue weighted by atomic mass is 10.1. The van der Waals surface area contributed by atoms with E-state index < -0.39 is 36.8 Å². The number of rotatable bonds is 8. The Bertz CT molecular complexity index is 1100. The molecule has 3 rings (SSSR count). The predicted octanol–water partition coefficient (Wildman–Crippen LogP) is 1.99. The minimum atomic E-state index is -3.89. The normalized spacial score (nSPS) is 16.5. The maximum absolute atomic E-state index is 12.6. The smallest absolute Gasteiger partial charge is 0.276 e. The minimum absolute atomic E-state index is 0.00837. The number of amides is 1. The molecule has 164 valence electrons. The van der Waals surface area contributed by atoms with E-state index in [1.54, 1.807) is 0 Å². The Morgan fingerprint density at radius 2 is 1.70 bits per heavy atom. The van der Waals surface area contributed by atoms with Crippen molar-refractivity contribution in [3.63, 3.8) is 0 Å². The van der Waals surface area contributed by atoms with Crippen LogP contribution in [0.5, 0.6) is 0 Å². The van der Waals surface area contributed by atoms with E-state index in [2.05, 4.69) is 5.32 Å². The maximum atomic E-state index is 12.6. The molecule has 0 radical (unpaired) electrons. The Morgan fingerprint density at radius 1 is 1.07 bits per heavy atom. The van der Waals surface area contributed by atoms with E-state index in [1.807, 2.05) is 31.2 Å². The van der Waals surface area contributed by atoms with Crippen LogP contribution in [0.3, 0.4) is 0 Å². The van der Waals surface area contributed by atoms with Gasteiger partial charge in [0.05, 0.1) is 0 Å². The lowest BCUT2D eigenvalue weighted by molar-refractivity contribution is -0.120. The first-order valence-corrected chi connectivity index (χ1v) is 12.9. The molecule has 2 aromatic rings.